The number of rotatable bonds is 7. The number of anilines is 1. The molecule has 0 saturated carbocycles. The molecule has 5 rings (SSSR count). The van der Waals surface area contributed by atoms with Gasteiger partial charge in [0.2, 0.25) is 5.88 Å². The summed E-state index contributed by atoms with van der Waals surface area (Å²) in [4.78, 5) is 36.9. The number of methoxy groups -OCH3 is 2. The minimum atomic E-state index is -1.44. The highest BCUT2D eigenvalue weighted by Gasteiger charge is 2.52. The molecule has 3 aliphatic heterocycles. The van der Waals surface area contributed by atoms with Crippen LogP contribution < -0.4 is 25.2 Å². The Labute approximate surface area is 229 Å². The minimum Gasteiger partial charge on any atom is -0.497 e. The number of pyridine rings is 1. The number of urea groups is 1. The van der Waals surface area contributed by atoms with E-state index in [1.54, 1.807) is 24.0 Å². The maximum absolute atomic E-state index is 14.1. The largest absolute Gasteiger partial charge is 0.497 e. The van der Waals surface area contributed by atoms with Crippen LogP contribution in [0.1, 0.15) is 43.7 Å². The zero-order valence-corrected chi connectivity index (χ0v) is 23.1. The fraction of sp³-hybridized carbons (Fsp3) is 0.536. The van der Waals surface area contributed by atoms with Gasteiger partial charge in [0.15, 0.2) is 0 Å². The molecule has 11 heteroatoms. The Kier molecular flexibility index (Phi) is 7.41. The van der Waals surface area contributed by atoms with Crippen molar-refractivity contribution < 1.29 is 24.2 Å². The average molecular weight is 539 g/mol. The number of hydrogen-bond donors (Lipinski definition) is 3. The molecule has 1 aromatic carbocycles. The maximum atomic E-state index is 14.1. The summed E-state index contributed by atoms with van der Waals surface area (Å²) in [5, 5.41) is 10.3. The summed E-state index contributed by atoms with van der Waals surface area (Å²) in [6.07, 6.45) is 1.19. The van der Waals surface area contributed by atoms with E-state index < -0.39 is 11.1 Å². The van der Waals surface area contributed by atoms with E-state index in [4.69, 9.17) is 14.5 Å². The van der Waals surface area contributed by atoms with Gasteiger partial charge >= 0.3 is 6.03 Å². The Morgan fingerprint density at radius 3 is 2.49 bits per heavy atom. The van der Waals surface area contributed by atoms with E-state index in [1.165, 1.54) is 13.8 Å². The summed E-state index contributed by atoms with van der Waals surface area (Å²) in [7, 11) is 3.22. The molecule has 3 N–H and O–H groups in total. The molecule has 39 heavy (non-hydrogen) atoms. The number of aromatic nitrogens is 1. The highest BCUT2D eigenvalue weighted by Crippen LogP contribution is 2.40. The predicted octanol–water partition coefficient (Wildman–Crippen LogP) is 1.86. The maximum Gasteiger partial charge on any atom is 0.326 e. The van der Waals surface area contributed by atoms with Crippen molar-refractivity contribution in [1.29, 1.82) is 0 Å². The molecule has 0 unspecified atom stereocenters. The van der Waals surface area contributed by atoms with Crippen molar-refractivity contribution in [1.82, 2.24) is 25.6 Å². The molecule has 0 atom stereocenters. The second-order valence-electron chi connectivity index (χ2n) is 11.1. The van der Waals surface area contributed by atoms with Gasteiger partial charge in [-0.25, -0.2) is 4.79 Å². The van der Waals surface area contributed by atoms with Crippen LogP contribution in [0.15, 0.2) is 36.4 Å². The Bertz CT molecular complexity index is 1220. The molecule has 3 saturated heterocycles. The quantitative estimate of drug-likeness (QED) is 0.489. The average Bonchev–Trinajstić information content (AvgIpc) is 3.56. The third kappa shape index (κ3) is 5.26. The molecular formula is C28H38N6O5. The molecule has 1 spiro atoms. The fourth-order valence-corrected chi connectivity index (χ4v) is 5.85. The van der Waals surface area contributed by atoms with Crippen molar-refractivity contribution in [2.75, 3.05) is 51.8 Å². The van der Waals surface area contributed by atoms with Crippen molar-refractivity contribution >= 4 is 17.8 Å². The lowest BCUT2D eigenvalue weighted by Crippen LogP contribution is -2.57. The first-order valence-electron chi connectivity index (χ1n) is 13.4. The number of hydrogen-bond acceptors (Lipinski definition) is 8. The van der Waals surface area contributed by atoms with Gasteiger partial charge in [0.25, 0.3) is 5.91 Å². The van der Waals surface area contributed by atoms with E-state index >= 15 is 0 Å². The fourth-order valence-electron chi connectivity index (χ4n) is 5.85. The Balaban J connectivity index is 1.45. The number of amides is 3. The van der Waals surface area contributed by atoms with Gasteiger partial charge in [0.05, 0.1) is 26.3 Å². The molecule has 2 aromatic rings. The second kappa shape index (κ2) is 10.6. The van der Waals surface area contributed by atoms with Crippen LogP contribution in [0.25, 0.3) is 0 Å². The van der Waals surface area contributed by atoms with Crippen LogP contribution in [0, 0.1) is 0 Å². The molecule has 210 valence electrons. The Hall–Kier alpha value is -3.41. The number of hydrazine groups is 1. The highest BCUT2D eigenvalue weighted by atomic mass is 16.5. The minimum absolute atomic E-state index is 0.133. The molecule has 0 aliphatic carbocycles. The summed E-state index contributed by atoms with van der Waals surface area (Å²) in [5.74, 6) is 1.72. The second-order valence-corrected chi connectivity index (χ2v) is 11.1. The normalized spacial score (nSPS) is 19.7. The van der Waals surface area contributed by atoms with Gasteiger partial charge in [-0.05, 0) is 56.5 Å². The number of piperidine rings is 1. The Morgan fingerprint density at radius 2 is 1.85 bits per heavy atom. The van der Waals surface area contributed by atoms with Gasteiger partial charge in [-0.1, -0.05) is 12.1 Å². The molecule has 3 fully saturated rings. The van der Waals surface area contributed by atoms with Gasteiger partial charge in [-0.15, -0.1) is 0 Å². The van der Waals surface area contributed by atoms with E-state index in [2.05, 4.69) is 10.9 Å². The van der Waals surface area contributed by atoms with Crippen LogP contribution >= 0.6 is 0 Å². The Morgan fingerprint density at radius 1 is 1.13 bits per heavy atom. The van der Waals surface area contributed by atoms with Gasteiger partial charge in [0, 0.05) is 44.2 Å². The van der Waals surface area contributed by atoms with Crippen molar-refractivity contribution in [2.45, 2.75) is 50.3 Å². The van der Waals surface area contributed by atoms with Gasteiger partial charge in [0.1, 0.15) is 17.2 Å². The van der Waals surface area contributed by atoms with Crippen LogP contribution in [-0.4, -0.2) is 89.9 Å². The lowest BCUT2D eigenvalue weighted by molar-refractivity contribution is -0.150. The number of ether oxygens (including phenoxy) is 2. The summed E-state index contributed by atoms with van der Waals surface area (Å²) in [6.45, 7) is 6.33. The molecular weight excluding hydrogens is 500 g/mol. The number of benzene rings is 1. The summed E-state index contributed by atoms with van der Waals surface area (Å²) >= 11 is 0. The number of carbonyl (C=O) groups excluding carboxylic acids is 2. The number of carbonyl (C=O) groups is 2. The first-order chi connectivity index (χ1) is 18.6. The lowest BCUT2D eigenvalue weighted by Gasteiger charge is -2.44. The van der Waals surface area contributed by atoms with Crippen LogP contribution in [0.2, 0.25) is 0 Å². The van der Waals surface area contributed by atoms with Crippen molar-refractivity contribution in [3.63, 3.8) is 0 Å². The van der Waals surface area contributed by atoms with Gasteiger partial charge in [-0.3, -0.25) is 20.5 Å². The van der Waals surface area contributed by atoms with Crippen molar-refractivity contribution in [3.05, 3.63) is 47.5 Å². The monoisotopic (exact) mass is 538 g/mol. The van der Waals surface area contributed by atoms with E-state index in [9.17, 15) is 14.7 Å². The van der Waals surface area contributed by atoms with E-state index in [1.807, 2.05) is 41.3 Å². The van der Waals surface area contributed by atoms with Gasteiger partial charge < -0.3 is 24.4 Å². The summed E-state index contributed by atoms with van der Waals surface area (Å²) in [6, 6.07) is 11.5. The predicted molar refractivity (Wildman–Crippen MR) is 146 cm³/mol. The summed E-state index contributed by atoms with van der Waals surface area (Å²) in [5.41, 5.74) is 6.30. The zero-order valence-electron chi connectivity index (χ0n) is 23.1. The van der Waals surface area contributed by atoms with Crippen molar-refractivity contribution in [2.24, 2.45) is 0 Å². The summed E-state index contributed by atoms with van der Waals surface area (Å²) < 4.78 is 11.1. The first-order valence-corrected chi connectivity index (χ1v) is 13.4. The smallest absolute Gasteiger partial charge is 0.326 e. The lowest BCUT2D eigenvalue weighted by atomic mass is 9.85. The molecule has 3 aliphatic rings. The highest BCUT2D eigenvalue weighted by molar-refractivity contribution is 5.94. The molecule has 3 amide bonds. The van der Waals surface area contributed by atoms with Crippen molar-refractivity contribution in [3.8, 4) is 11.6 Å². The van der Waals surface area contributed by atoms with Gasteiger partial charge in [-0.2, -0.15) is 4.98 Å². The third-order valence-electron chi connectivity index (χ3n) is 8.07. The number of likely N-dealkylation sites (tertiary alicyclic amines) is 1. The molecule has 0 radical (unpaired) electrons. The zero-order chi connectivity index (χ0) is 27.8. The third-order valence-corrected chi connectivity index (χ3v) is 8.07. The van der Waals surface area contributed by atoms with Crippen LogP contribution in [0.4, 0.5) is 10.6 Å². The topological polar surface area (TPSA) is 120 Å². The number of aliphatic hydroxyl groups is 1. The standard InChI is InChI=1S/C28H38N6O5/c1-27(2,37)25(35)32-12-10-28(11-13-32)18-33(26(36)34(28)17-19-6-5-7-21(14-19)38-3)23-9-8-22(24(31-23)39-4)20-15-29-30-16-20/h5-9,14,20,29-30,37H,10-13,15-18H2,1-4H3. The number of nitrogens with one attached hydrogen (secondary N) is 2. The SMILES string of the molecule is COc1cccc(CN2C(=O)N(c3ccc(C4CNNC4)c(OC)n3)CC23CCN(C(=O)C(C)(C)O)CC3)c1. The molecule has 1 aromatic heterocycles. The molecule has 0 bridgehead atoms. The van der Waals surface area contributed by atoms with Crippen LogP contribution in [0.3, 0.4) is 0 Å². The molecule has 4 heterocycles. The van der Waals surface area contributed by atoms with E-state index in [0.717, 1.165) is 30.0 Å². The first kappa shape index (κ1) is 27.2. The number of nitrogens with zero attached hydrogens (tertiary/aromatic N) is 4. The van der Waals surface area contributed by atoms with E-state index in [0.29, 0.717) is 50.7 Å². The van der Waals surface area contributed by atoms with Crippen LogP contribution in [-0.2, 0) is 11.3 Å². The van der Waals surface area contributed by atoms with Crippen LogP contribution in [0.5, 0.6) is 11.6 Å². The van der Waals surface area contributed by atoms with E-state index in [-0.39, 0.29) is 17.9 Å². The molecule has 11 nitrogen and oxygen atoms in total.